The molecule has 0 unspecified atom stereocenters. The minimum atomic E-state index is -0.846. The molecule has 2 aromatic rings. The molecule has 0 radical (unpaired) electrons. The summed E-state index contributed by atoms with van der Waals surface area (Å²) in [6.07, 6.45) is 1.65. The summed E-state index contributed by atoms with van der Waals surface area (Å²) in [6, 6.07) is 1.93. The van der Waals surface area contributed by atoms with Crippen molar-refractivity contribution in [2.75, 3.05) is 5.32 Å². The van der Waals surface area contributed by atoms with E-state index in [9.17, 15) is 14.0 Å². The van der Waals surface area contributed by atoms with Gasteiger partial charge in [-0.1, -0.05) is 25.4 Å². The smallest absolute Gasteiger partial charge is 0.306 e. The van der Waals surface area contributed by atoms with Crippen LogP contribution in [0.1, 0.15) is 47.1 Å². The number of nitrogens with one attached hydrogen (secondary N) is 2. The van der Waals surface area contributed by atoms with Crippen molar-refractivity contribution in [1.29, 1.82) is 0 Å². The van der Waals surface area contributed by atoms with Crippen LogP contribution in [0.3, 0.4) is 0 Å². The van der Waals surface area contributed by atoms with E-state index in [0.29, 0.717) is 11.4 Å². The quantitative estimate of drug-likeness (QED) is 0.807. The van der Waals surface area contributed by atoms with Crippen LogP contribution in [0.4, 0.5) is 14.9 Å². The maximum atomic E-state index is 13.6. The van der Waals surface area contributed by atoms with Crippen LogP contribution in [0, 0.1) is 19.7 Å². The Labute approximate surface area is 149 Å². The van der Waals surface area contributed by atoms with E-state index in [4.69, 9.17) is 11.6 Å². The van der Waals surface area contributed by atoms with Crippen molar-refractivity contribution >= 4 is 29.2 Å². The number of halogens is 2. The minimum absolute atomic E-state index is 0.0681. The van der Waals surface area contributed by atoms with Crippen molar-refractivity contribution in [1.82, 2.24) is 15.3 Å². The number of aryl methyl sites for hydroxylation is 2. The van der Waals surface area contributed by atoms with Crippen molar-refractivity contribution < 1.29 is 14.0 Å². The fraction of sp³-hybridized carbons (Fsp3) is 0.294. The molecule has 2 rings (SSSR count). The molecule has 0 aliphatic carbocycles. The Hall–Kier alpha value is -2.54. The van der Waals surface area contributed by atoms with E-state index >= 15 is 0 Å². The first-order valence-corrected chi connectivity index (χ1v) is 7.99. The van der Waals surface area contributed by atoms with Gasteiger partial charge in [-0.3, -0.25) is 15.1 Å². The molecular weight excluding hydrogens is 347 g/mol. The van der Waals surface area contributed by atoms with Crippen LogP contribution in [0.2, 0.25) is 5.15 Å². The first kappa shape index (κ1) is 18.8. The number of nitrogens with zero attached hydrogens (tertiary/aromatic N) is 2. The van der Waals surface area contributed by atoms with Gasteiger partial charge in [-0.05, 0) is 37.5 Å². The SMILES string of the molecule is Cc1ccnc(C(C)C)c1NC(=O)NC(=O)c1cc(F)c(C)nc1Cl. The molecule has 0 saturated carbocycles. The number of pyridine rings is 2. The Morgan fingerprint density at radius 3 is 2.60 bits per heavy atom. The third-order valence-corrected chi connectivity index (χ3v) is 3.84. The largest absolute Gasteiger partial charge is 0.326 e. The van der Waals surface area contributed by atoms with Gasteiger partial charge in [-0.25, -0.2) is 14.2 Å². The van der Waals surface area contributed by atoms with Gasteiger partial charge in [0.2, 0.25) is 0 Å². The highest BCUT2D eigenvalue weighted by Gasteiger charge is 2.19. The Morgan fingerprint density at radius 2 is 1.96 bits per heavy atom. The number of imide groups is 1. The van der Waals surface area contributed by atoms with E-state index in [1.165, 1.54) is 6.92 Å². The summed E-state index contributed by atoms with van der Waals surface area (Å²) in [5, 5.41) is 4.56. The zero-order valence-corrected chi connectivity index (χ0v) is 15.0. The number of urea groups is 1. The lowest BCUT2D eigenvalue weighted by Gasteiger charge is -2.15. The van der Waals surface area contributed by atoms with Crippen LogP contribution >= 0.6 is 11.6 Å². The fourth-order valence-electron chi connectivity index (χ4n) is 2.21. The molecule has 0 spiro atoms. The topological polar surface area (TPSA) is 84.0 Å². The highest BCUT2D eigenvalue weighted by atomic mass is 35.5. The van der Waals surface area contributed by atoms with E-state index in [1.54, 1.807) is 12.3 Å². The molecule has 0 saturated heterocycles. The summed E-state index contributed by atoms with van der Waals surface area (Å²) < 4.78 is 13.6. The number of carbonyl (C=O) groups is 2. The molecule has 0 bridgehead atoms. The third-order valence-electron chi connectivity index (χ3n) is 3.55. The number of hydrogen-bond donors (Lipinski definition) is 2. The number of anilines is 1. The number of hydrogen-bond acceptors (Lipinski definition) is 4. The van der Waals surface area contributed by atoms with Gasteiger partial charge in [0.1, 0.15) is 11.0 Å². The van der Waals surface area contributed by atoms with Crippen molar-refractivity contribution in [3.8, 4) is 0 Å². The van der Waals surface area contributed by atoms with Gasteiger partial charge in [0.25, 0.3) is 5.91 Å². The van der Waals surface area contributed by atoms with E-state index < -0.39 is 17.8 Å². The zero-order chi connectivity index (χ0) is 18.7. The van der Waals surface area contributed by atoms with Crippen LogP contribution < -0.4 is 10.6 Å². The predicted octanol–water partition coefficient (Wildman–Crippen LogP) is 3.97. The molecule has 2 heterocycles. The predicted molar refractivity (Wildman–Crippen MR) is 93.5 cm³/mol. The maximum absolute atomic E-state index is 13.6. The molecule has 0 aromatic carbocycles. The van der Waals surface area contributed by atoms with Gasteiger partial charge in [0, 0.05) is 6.20 Å². The van der Waals surface area contributed by atoms with E-state index in [0.717, 1.165) is 11.6 Å². The molecule has 0 fully saturated rings. The van der Waals surface area contributed by atoms with Crippen molar-refractivity contribution in [3.05, 3.63) is 51.8 Å². The van der Waals surface area contributed by atoms with Crippen LogP contribution in [0.5, 0.6) is 0 Å². The molecule has 25 heavy (non-hydrogen) atoms. The monoisotopic (exact) mass is 364 g/mol. The first-order valence-electron chi connectivity index (χ1n) is 7.61. The number of carbonyl (C=O) groups excluding carboxylic acids is 2. The Morgan fingerprint density at radius 1 is 1.28 bits per heavy atom. The van der Waals surface area contributed by atoms with Gasteiger partial charge < -0.3 is 5.32 Å². The number of aromatic nitrogens is 2. The van der Waals surface area contributed by atoms with Crippen LogP contribution in [0.15, 0.2) is 18.3 Å². The lowest BCUT2D eigenvalue weighted by molar-refractivity contribution is 0.0966. The minimum Gasteiger partial charge on any atom is -0.306 e. The second-order valence-electron chi connectivity index (χ2n) is 5.85. The first-order chi connectivity index (χ1) is 11.7. The van der Waals surface area contributed by atoms with Gasteiger partial charge in [0.15, 0.2) is 0 Å². The summed E-state index contributed by atoms with van der Waals surface area (Å²) in [4.78, 5) is 32.3. The summed E-state index contributed by atoms with van der Waals surface area (Å²) in [7, 11) is 0. The van der Waals surface area contributed by atoms with Gasteiger partial charge in [0.05, 0.1) is 22.6 Å². The lowest BCUT2D eigenvalue weighted by Crippen LogP contribution is -2.35. The molecule has 0 aliphatic rings. The van der Waals surface area contributed by atoms with Crippen LogP contribution in [-0.2, 0) is 0 Å². The Balaban J connectivity index is 2.19. The average molecular weight is 365 g/mol. The highest BCUT2D eigenvalue weighted by Crippen LogP contribution is 2.25. The van der Waals surface area contributed by atoms with Gasteiger partial charge in [-0.15, -0.1) is 0 Å². The van der Waals surface area contributed by atoms with Gasteiger partial charge >= 0.3 is 6.03 Å². The molecule has 0 aliphatic heterocycles. The van der Waals surface area contributed by atoms with Gasteiger partial charge in [-0.2, -0.15) is 0 Å². The van der Waals surface area contributed by atoms with E-state index in [1.807, 2.05) is 20.8 Å². The van der Waals surface area contributed by atoms with Crippen molar-refractivity contribution in [3.63, 3.8) is 0 Å². The van der Waals surface area contributed by atoms with Crippen molar-refractivity contribution in [2.24, 2.45) is 0 Å². The van der Waals surface area contributed by atoms with Crippen molar-refractivity contribution in [2.45, 2.75) is 33.6 Å². The van der Waals surface area contributed by atoms with E-state index in [-0.39, 0.29) is 22.3 Å². The fourth-order valence-corrected chi connectivity index (χ4v) is 2.47. The highest BCUT2D eigenvalue weighted by molar-refractivity contribution is 6.33. The molecular formula is C17H18ClFN4O2. The Kier molecular flexibility index (Phi) is 5.69. The lowest BCUT2D eigenvalue weighted by atomic mass is 10.1. The molecule has 2 N–H and O–H groups in total. The third kappa shape index (κ3) is 4.30. The Bertz CT molecular complexity index is 840. The van der Waals surface area contributed by atoms with Crippen LogP contribution in [-0.4, -0.2) is 21.9 Å². The van der Waals surface area contributed by atoms with E-state index in [2.05, 4.69) is 20.6 Å². The summed E-state index contributed by atoms with van der Waals surface area (Å²) in [5.74, 6) is -1.45. The second kappa shape index (κ2) is 7.57. The number of amides is 3. The van der Waals surface area contributed by atoms with Crippen LogP contribution in [0.25, 0.3) is 0 Å². The normalized spacial score (nSPS) is 10.7. The standard InChI is InChI=1S/C17H18ClFN4O2/c1-8(2)13-14(9(3)5-6-20-13)22-17(25)23-16(24)11-7-12(19)10(4)21-15(11)18/h5-8H,1-4H3,(H2,22,23,24,25). The molecule has 0 atom stereocenters. The average Bonchev–Trinajstić information content (AvgIpc) is 2.52. The summed E-state index contributed by atoms with van der Waals surface area (Å²) in [6.45, 7) is 7.13. The molecule has 132 valence electrons. The molecule has 3 amide bonds. The zero-order valence-electron chi connectivity index (χ0n) is 14.3. The summed E-state index contributed by atoms with van der Waals surface area (Å²) in [5.41, 5.74) is 1.89. The molecule has 2 aromatic heterocycles. The second-order valence-corrected chi connectivity index (χ2v) is 6.20. The molecule has 8 heteroatoms. The summed E-state index contributed by atoms with van der Waals surface area (Å²) >= 11 is 5.85. The maximum Gasteiger partial charge on any atom is 0.326 e. The molecule has 6 nitrogen and oxygen atoms in total. The number of rotatable bonds is 3.